The van der Waals surface area contributed by atoms with Crippen molar-refractivity contribution in [3.05, 3.63) is 17.0 Å². The van der Waals surface area contributed by atoms with Crippen molar-refractivity contribution in [1.82, 2.24) is 20.4 Å². The lowest BCUT2D eigenvalue weighted by atomic mass is 9.79. The van der Waals surface area contributed by atoms with Gasteiger partial charge in [0.25, 0.3) is 5.91 Å². The summed E-state index contributed by atoms with van der Waals surface area (Å²) in [6.45, 7) is 4.48. The van der Waals surface area contributed by atoms with Gasteiger partial charge in [-0.3, -0.25) is 9.69 Å². The summed E-state index contributed by atoms with van der Waals surface area (Å²) in [5, 5.41) is 11.1. The average Bonchev–Trinajstić information content (AvgIpc) is 3.28. The van der Waals surface area contributed by atoms with E-state index in [0.717, 1.165) is 25.9 Å². The van der Waals surface area contributed by atoms with Gasteiger partial charge in [0.2, 0.25) is 0 Å². The van der Waals surface area contributed by atoms with Crippen molar-refractivity contribution >= 4 is 17.2 Å². The fourth-order valence-corrected chi connectivity index (χ4v) is 4.43. The first-order chi connectivity index (χ1) is 12.1. The number of nitrogens with one attached hydrogen (secondary N) is 1. The highest BCUT2D eigenvalue weighted by Crippen LogP contribution is 2.33. The number of carbonyl (C=O) groups is 1. The number of aromatic nitrogens is 2. The predicted octanol–water partition coefficient (Wildman–Crippen LogP) is 2.14. The Morgan fingerprint density at radius 3 is 2.76 bits per heavy atom. The van der Waals surface area contributed by atoms with Gasteiger partial charge in [0.05, 0.1) is 12.0 Å². The van der Waals surface area contributed by atoms with Gasteiger partial charge in [-0.05, 0) is 50.9 Å². The summed E-state index contributed by atoms with van der Waals surface area (Å²) >= 11 is 1.25. The number of ether oxygens (including phenoxy) is 2. The Hall–Kier alpha value is -2.13. The van der Waals surface area contributed by atoms with Crippen molar-refractivity contribution in [2.24, 2.45) is 5.92 Å². The number of fused-ring (bicyclic) bond motifs is 3. The Bertz CT molecular complexity index is 751. The van der Waals surface area contributed by atoms with E-state index in [1.165, 1.54) is 18.4 Å². The largest absolute Gasteiger partial charge is 0.452 e. The van der Waals surface area contributed by atoms with E-state index < -0.39 is 0 Å². The van der Waals surface area contributed by atoms with Crippen molar-refractivity contribution in [2.75, 3.05) is 20.2 Å². The molecule has 2 aromatic rings. The number of amides is 1. The van der Waals surface area contributed by atoms with E-state index in [9.17, 15) is 4.79 Å². The number of nitrogens with zero attached hydrogens (tertiary/aromatic N) is 3. The quantitative estimate of drug-likeness (QED) is 0.869. The van der Waals surface area contributed by atoms with Crippen LogP contribution < -0.4 is 14.8 Å². The molecule has 1 amide bonds. The zero-order valence-corrected chi connectivity index (χ0v) is 14.9. The Morgan fingerprint density at radius 2 is 2.08 bits per heavy atom. The van der Waals surface area contributed by atoms with Crippen LogP contribution in [0.25, 0.3) is 0 Å². The second kappa shape index (κ2) is 6.64. The normalized spacial score (nSPS) is 27.9. The Morgan fingerprint density at radius 1 is 1.32 bits per heavy atom. The van der Waals surface area contributed by atoms with Gasteiger partial charge in [0.15, 0.2) is 5.06 Å². The maximum Gasteiger partial charge on any atom is 0.423 e. The standard InChI is InChI=1S/C16H20N4O4S/c1-9-13(10-5-7-20(9)8-6-10)17-14(21)11-3-4-12(25-11)23-16-19-18-15(22-2)24-16/h3-4,9-10,13H,5-8H2,1-2H3,(H,17,21)/t9-,13-/m0/s1. The van der Waals surface area contributed by atoms with Gasteiger partial charge in [-0.1, -0.05) is 21.5 Å². The van der Waals surface area contributed by atoms with Crippen LogP contribution in [0, 0.1) is 5.92 Å². The van der Waals surface area contributed by atoms with Crippen molar-refractivity contribution in [3.8, 4) is 17.2 Å². The molecule has 2 aromatic heterocycles. The molecule has 0 aromatic carbocycles. The van der Waals surface area contributed by atoms with E-state index in [-0.39, 0.29) is 24.1 Å². The zero-order valence-electron chi connectivity index (χ0n) is 14.1. The number of thiophene rings is 1. The highest BCUT2D eigenvalue weighted by atomic mass is 32.1. The van der Waals surface area contributed by atoms with Crippen LogP contribution in [0.4, 0.5) is 0 Å². The lowest BCUT2D eigenvalue weighted by molar-refractivity contribution is 0.0218. The molecule has 3 saturated heterocycles. The van der Waals surface area contributed by atoms with Crippen LogP contribution in [0.15, 0.2) is 16.5 Å². The minimum Gasteiger partial charge on any atom is -0.452 e. The molecule has 3 aliphatic rings. The summed E-state index contributed by atoms with van der Waals surface area (Å²) in [6.07, 6.45) is 2.33. The summed E-state index contributed by atoms with van der Waals surface area (Å²) in [5.41, 5.74) is 0. The maximum atomic E-state index is 12.6. The van der Waals surface area contributed by atoms with Gasteiger partial charge in [-0.2, -0.15) is 0 Å². The van der Waals surface area contributed by atoms with Crippen LogP contribution in [0.2, 0.25) is 0 Å². The molecular formula is C16H20N4O4S. The molecule has 0 unspecified atom stereocenters. The fraction of sp³-hybridized carbons (Fsp3) is 0.562. The minimum absolute atomic E-state index is 0.0170. The molecule has 5 rings (SSSR count). The molecular weight excluding hydrogens is 344 g/mol. The monoisotopic (exact) mass is 364 g/mol. The molecule has 25 heavy (non-hydrogen) atoms. The molecule has 5 heterocycles. The first-order valence-electron chi connectivity index (χ1n) is 8.34. The number of carbonyl (C=O) groups excluding carboxylic acids is 1. The number of methoxy groups -OCH3 is 1. The topological polar surface area (TPSA) is 89.7 Å². The molecule has 0 radical (unpaired) electrons. The van der Waals surface area contributed by atoms with Crippen LogP contribution in [0.5, 0.6) is 17.2 Å². The summed E-state index contributed by atoms with van der Waals surface area (Å²) in [6, 6.07) is 4.06. The molecule has 8 nitrogen and oxygen atoms in total. The smallest absolute Gasteiger partial charge is 0.423 e. The summed E-state index contributed by atoms with van der Waals surface area (Å²) in [7, 11) is 1.43. The van der Waals surface area contributed by atoms with Crippen LogP contribution >= 0.6 is 11.3 Å². The third kappa shape index (κ3) is 3.21. The lowest BCUT2D eigenvalue weighted by Gasteiger charge is -2.49. The molecule has 134 valence electrons. The van der Waals surface area contributed by atoms with E-state index in [0.29, 0.717) is 21.9 Å². The fourth-order valence-electron chi connectivity index (χ4n) is 3.67. The van der Waals surface area contributed by atoms with Crippen LogP contribution in [0.1, 0.15) is 29.4 Å². The highest BCUT2D eigenvalue weighted by Gasteiger charge is 2.40. The molecule has 3 aliphatic heterocycles. The number of piperidine rings is 3. The number of hydrogen-bond donors (Lipinski definition) is 1. The van der Waals surface area contributed by atoms with Gasteiger partial charge < -0.3 is 19.2 Å². The van der Waals surface area contributed by atoms with Crippen LogP contribution in [-0.2, 0) is 0 Å². The van der Waals surface area contributed by atoms with Gasteiger partial charge in [-0.25, -0.2) is 0 Å². The third-order valence-electron chi connectivity index (χ3n) is 5.03. The molecule has 0 spiro atoms. The van der Waals surface area contributed by atoms with E-state index in [4.69, 9.17) is 13.9 Å². The molecule has 3 fully saturated rings. The van der Waals surface area contributed by atoms with Crippen molar-refractivity contribution < 1.29 is 18.7 Å². The summed E-state index contributed by atoms with van der Waals surface area (Å²) in [5.74, 6) is 0.513. The first-order valence-corrected chi connectivity index (χ1v) is 9.16. The summed E-state index contributed by atoms with van der Waals surface area (Å²) in [4.78, 5) is 15.7. The third-order valence-corrected chi connectivity index (χ3v) is 5.99. The SMILES string of the molecule is COc1nnc(Oc2ccc(C(=O)N[C@@H]3C4CCN(CC4)[C@H]3C)s2)o1. The predicted molar refractivity (Wildman–Crippen MR) is 90.3 cm³/mol. The van der Waals surface area contributed by atoms with Crippen LogP contribution in [0.3, 0.4) is 0 Å². The number of rotatable bonds is 5. The van der Waals surface area contributed by atoms with Crippen molar-refractivity contribution in [1.29, 1.82) is 0 Å². The van der Waals surface area contributed by atoms with Crippen molar-refractivity contribution in [2.45, 2.75) is 31.8 Å². The molecule has 2 bridgehead atoms. The Kier molecular flexibility index (Phi) is 4.34. The van der Waals surface area contributed by atoms with E-state index in [2.05, 4.69) is 27.3 Å². The maximum absolute atomic E-state index is 12.6. The number of hydrogen-bond acceptors (Lipinski definition) is 8. The van der Waals surface area contributed by atoms with Gasteiger partial charge in [0.1, 0.15) is 0 Å². The molecule has 0 saturated carbocycles. The van der Waals surface area contributed by atoms with E-state index >= 15 is 0 Å². The average molecular weight is 364 g/mol. The zero-order chi connectivity index (χ0) is 17.4. The van der Waals surface area contributed by atoms with Gasteiger partial charge in [0, 0.05) is 12.1 Å². The van der Waals surface area contributed by atoms with E-state index in [1.54, 1.807) is 12.1 Å². The van der Waals surface area contributed by atoms with E-state index in [1.807, 2.05) is 0 Å². The van der Waals surface area contributed by atoms with Crippen molar-refractivity contribution in [3.63, 3.8) is 0 Å². The second-order valence-corrected chi connectivity index (χ2v) is 7.42. The highest BCUT2D eigenvalue weighted by molar-refractivity contribution is 7.15. The second-order valence-electron chi connectivity index (χ2n) is 6.37. The molecule has 1 N–H and O–H groups in total. The molecule has 2 atom stereocenters. The van der Waals surface area contributed by atoms with Gasteiger partial charge >= 0.3 is 12.2 Å². The first kappa shape index (κ1) is 16.3. The molecule has 0 aliphatic carbocycles. The minimum atomic E-state index is -0.0615. The molecule has 9 heteroatoms. The van der Waals surface area contributed by atoms with Gasteiger partial charge in [-0.15, -0.1) is 0 Å². The Balaban J connectivity index is 1.40. The van der Waals surface area contributed by atoms with Crippen LogP contribution in [-0.4, -0.2) is 53.3 Å². The lowest BCUT2D eigenvalue weighted by Crippen LogP contribution is -2.62. The summed E-state index contributed by atoms with van der Waals surface area (Å²) < 4.78 is 15.4. The Labute approximate surface area is 149 Å².